The Morgan fingerprint density at radius 1 is 0.889 bits per heavy atom. The third kappa shape index (κ3) is 2.78. The highest BCUT2D eigenvalue weighted by Gasteiger charge is 2.61. The summed E-state index contributed by atoms with van der Waals surface area (Å²) in [6.07, 6.45) is 0.119. The first kappa shape index (κ1) is 17.2. The van der Waals surface area contributed by atoms with Crippen LogP contribution in [0.5, 0.6) is 5.75 Å². The number of rotatable bonds is 4. The third-order valence-electron chi connectivity index (χ3n) is 6.70. The van der Waals surface area contributed by atoms with Gasteiger partial charge in [0.1, 0.15) is 12.4 Å². The molecule has 4 saturated heterocycles. The van der Waals surface area contributed by atoms with Crippen molar-refractivity contribution in [1.29, 1.82) is 0 Å². The van der Waals surface area contributed by atoms with Gasteiger partial charge in [0.2, 0.25) is 0 Å². The molecule has 0 amide bonds. The van der Waals surface area contributed by atoms with E-state index in [4.69, 9.17) is 4.74 Å². The van der Waals surface area contributed by atoms with Gasteiger partial charge in [-0.2, -0.15) is 0 Å². The highest BCUT2D eigenvalue weighted by Crippen LogP contribution is 2.54. The van der Waals surface area contributed by atoms with Crippen LogP contribution in [0.2, 0.25) is 0 Å². The SMILES string of the molecule is CC12CN3CC(C)(CN(C1)C3c1ccc(OCc3ccccc3)cc1)C2O. The number of piperidine rings is 2. The average Bonchev–Trinajstić information content (AvgIpc) is 2.65. The van der Waals surface area contributed by atoms with E-state index in [1.807, 2.05) is 18.2 Å². The predicted octanol–water partition coefficient (Wildman–Crippen LogP) is 3.28. The number of hydrogen-bond donors (Lipinski definition) is 1. The summed E-state index contributed by atoms with van der Waals surface area (Å²) in [4.78, 5) is 5.11. The van der Waals surface area contributed by atoms with Gasteiger partial charge in [-0.25, -0.2) is 0 Å². The van der Waals surface area contributed by atoms with Crippen molar-refractivity contribution in [2.45, 2.75) is 32.7 Å². The number of ether oxygens (including phenoxy) is 1. The smallest absolute Gasteiger partial charge is 0.119 e. The Balaban J connectivity index is 1.32. The molecule has 0 radical (unpaired) electrons. The second-order valence-electron chi connectivity index (χ2n) is 9.24. The third-order valence-corrected chi connectivity index (χ3v) is 6.70. The van der Waals surface area contributed by atoms with Crippen LogP contribution in [0.4, 0.5) is 0 Å². The molecule has 0 unspecified atom stereocenters. The van der Waals surface area contributed by atoms with Crippen LogP contribution in [0.3, 0.4) is 0 Å². The van der Waals surface area contributed by atoms with Crippen LogP contribution >= 0.6 is 0 Å². The fourth-order valence-corrected chi connectivity index (χ4v) is 5.73. The molecule has 0 spiro atoms. The van der Waals surface area contributed by atoms with Crippen molar-refractivity contribution in [3.8, 4) is 5.75 Å². The van der Waals surface area contributed by atoms with Crippen molar-refractivity contribution in [3.63, 3.8) is 0 Å². The largest absolute Gasteiger partial charge is 0.489 e. The van der Waals surface area contributed by atoms with Gasteiger partial charge in [-0.15, -0.1) is 0 Å². The minimum Gasteiger partial charge on any atom is -0.489 e. The number of aliphatic hydroxyl groups excluding tert-OH is 1. The van der Waals surface area contributed by atoms with Crippen LogP contribution in [0.15, 0.2) is 54.6 Å². The van der Waals surface area contributed by atoms with E-state index in [1.165, 1.54) is 11.1 Å². The van der Waals surface area contributed by atoms with Gasteiger partial charge in [0.05, 0.1) is 12.3 Å². The van der Waals surface area contributed by atoms with Crippen molar-refractivity contribution < 1.29 is 9.84 Å². The maximum absolute atomic E-state index is 10.8. The van der Waals surface area contributed by atoms with E-state index in [0.29, 0.717) is 12.8 Å². The van der Waals surface area contributed by atoms with Gasteiger partial charge in [0, 0.05) is 37.0 Å². The Bertz CT molecular complexity index is 782. The highest BCUT2D eigenvalue weighted by molar-refractivity contribution is 5.31. The average molecular weight is 364 g/mol. The molecule has 0 saturated carbocycles. The zero-order chi connectivity index (χ0) is 18.6. The summed E-state index contributed by atoms with van der Waals surface area (Å²) < 4.78 is 5.94. The number of benzene rings is 2. The van der Waals surface area contributed by atoms with Crippen LogP contribution in [-0.2, 0) is 6.61 Å². The normalized spacial score (nSPS) is 39.5. The van der Waals surface area contributed by atoms with E-state index >= 15 is 0 Å². The Hall–Kier alpha value is -1.88. The van der Waals surface area contributed by atoms with E-state index < -0.39 is 0 Å². The first-order valence-electron chi connectivity index (χ1n) is 9.90. The molecule has 6 rings (SSSR count). The van der Waals surface area contributed by atoms with E-state index in [-0.39, 0.29) is 16.9 Å². The molecule has 1 N–H and O–H groups in total. The first-order chi connectivity index (χ1) is 13.0. The molecule has 27 heavy (non-hydrogen) atoms. The lowest BCUT2D eigenvalue weighted by Gasteiger charge is -2.68. The zero-order valence-electron chi connectivity index (χ0n) is 16.1. The minimum atomic E-state index is -0.202. The van der Waals surface area contributed by atoms with Crippen LogP contribution in [0.25, 0.3) is 0 Å². The van der Waals surface area contributed by atoms with Crippen molar-refractivity contribution in [1.82, 2.24) is 9.80 Å². The quantitative estimate of drug-likeness (QED) is 0.903. The summed E-state index contributed by atoms with van der Waals surface area (Å²) in [7, 11) is 0. The van der Waals surface area contributed by atoms with Crippen LogP contribution < -0.4 is 4.74 Å². The van der Waals surface area contributed by atoms with E-state index in [1.54, 1.807) is 0 Å². The molecule has 2 aromatic rings. The Morgan fingerprint density at radius 3 is 2.00 bits per heavy atom. The molecule has 4 aliphatic heterocycles. The molecule has 2 aromatic carbocycles. The van der Waals surface area contributed by atoms with Crippen molar-refractivity contribution in [3.05, 3.63) is 65.7 Å². The van der Waals surface area contributed by atoms with Gasteiger partial charge >= 0.3 is 0 Å². The first-order valence-corrected chi connectivity index (χ1v) is 9.90. The van der Waals surface area contributed by atoms with E-state index in [0.717, 1.165) is 31.9 Å². The van der Waals surface area contributed by atoms with Crippen LogP contribution in [0.1, 0.15) is 31.1 Å². The lowest BCUT2D eigenvalue weighted by atomic mass is 9.60. The Morgan fingerprint density at radius 2 is 1.44 bits per heavy atom. The molecule has 4 heterocycles. The summed E-state index contributed by atoms with van der Waals surface area (Å²) in [6.45, 7) is 8.95. The van der Waals surface area contributed by atoms with Crippen LogP contribution in [-0.4, -0.2) is 47.2 Å². The maximum Gasteiger partial charge on any atom is 0.119 e. The van der Waals surface area contributed by atoms with Gasteiger partial charge in [-0.05, 0) is 23.3 Å². The summed E-state index contributed by atoms with van der Waals surface area (Å²) in [5.74, 6) is 0.908. The summed E-state index contributed by atoms with van der Waals surface area (Å²) in [6, 6.07) is 18.8. The van der Waals surface area contributed by atoms with Crippen LogP contribution in [0, 0.1) is 10.8 Å². The molecule has 4 heteroatoms. The standard InChI is InChI=1S/C23H28N2O2/c1-22-13-24-15-23(2,21(22)26)16-25(14-22)20(24)18-8-10-19(11-9-18)27-12-17-6-4-3-5-7-17/h3-11,20-21,26H,12-16H2,1-2H3. The Kier molecular flexibility index (Phi) is 3.87. The molecule has 0 aliphatic carbocycles. The molecule has 4 nitrogen and oxygen atoms in total. The van der Waals surface area contributed by atoms with Gasteiger partial charge in [-0.3, -0.25) is 9.80 Å². The van der Waals surface area contributed by atoms with Gasteiger partial charge in [0.25, 0.3) is 0 Å². The molecule has 4 bridgehead atoms. The predicted molar refractivity (Wildman–Crippen MR) is 105 cm³/mol. The van der Waals surface area contributed by atoms with Crippen molar-refractivity contribution in [2.75, 3.05) is 26.2 Å². The number of nitrogens with zero attached hydrogens (tertiary/aromatic N) is 2. The zero-order valence-corrected chi connectivity index (χ0v) is 16.1. The molecule has 0 atom stereocenters. The fourth-order valence-electron chi connectivity index (χ4n) is 5.73. The second kappa shape index (κ2) is 6.06. The lowest BCUT2D eigenvalue weighted by molar-refractivity contribution is -0.253. The fraction of sp³-hybridized carbons (Fsp3) is 0.478. The minimum absolute atomic E-state index is 0.0134. The van der Waals surface area contributed by atoms with Gasteiger partial charge in [-0.1, -0.05) is 56.3 Å². The molecular formula is C23H28N2O2. The van der Waals surface area contributed by atoms with Gasteiger partial charge < -0.3 is 9.84 Å². The lowest BCUT2D eigenvalue weighted by Crippen LogP contribution is -2.76. The Labute approximate surface area is 161 Å². The molecule has 4 aliphatic rings. The summed E-state index contributed by atoms with van der Waals surface area (Å²) >= 11 is 0. The molecular weight excluding hydrogens is 336 g/mol. The monoisotopic (exact) mass is 364 g/mol. The van der Waals surface area contributed by atoms with Gasteiger partial charge in [0.15, 0.2) is 0 Å². The topological polar surface area (TPSA) is 35.9 Å². The molecule has 142 valence electrons. The van der Waals surface area contributed by atoms with E-state index in [9.17, 15) is 5.11 Å². The summed E-state index contributed by atoms with van der Waals surface area (Å²) in [5.41, 5.74) is 2.48. The summed E-state index contributed by atoms with van der Waals surface area (Å²) in [5, 5.41) is 10.8. The van der Waals surface area contributed by atoms with Crippen molar-refractivity contribution in [2.24, 2.45) is 10.8 Å². The molecule has 4 fully saturated rings. The number of aliphatic hydroxyl groups is 1. The molecule has 0 aromatic heterocycles. The maximum atomic E-state index is 10.8. The van der Waals surface area contributed by atoms with Crippen molar-refractivity contribution >= 4 is 0 Å². The highest BCUT2D eigenvalue weighted by atomic mass is 16.5. The van der Waals surface area contributed by atoms with E-state index in [2.05, 4.69) is 60.0 Å². The second-order valence-corrected chi connectivity index (χ2v) is 9.24. The number of hydrogen-bond acceptors (Lipinski definition) is 4.